The van der Waals surface area contributed by atoms with Gasteiger partial charge >= 0.3 is 0 Å². The van der Waals surface area contributed by atoms with Gasteiger partial charge in [0.25, 0.3) is 11.8 Å². The summed E-state index contributed by atoms with van der Waals surface area (Å²) in [5.74, 6) is -0.103. The van der Waals surface area contributed by atoms with Gasteiger partial charge in [0.05, 0.1) is 0 Å². The number of hydrogen-bond donors (Lipinski definition) is 1. The molecule has 8 nitrogen and oxygen atoms in total. The fourth-order valence-electron chi connectivity index (χ4n) is 3.97. The van der Waals surface area contributed by atoms with Gasteiger partial charge in [-0.2, -0.15) is 0 Å². The van der Waals surface area contributed by atoms with Crippen LogP contribution >= 0.6 is 22.9 Å². The summed E-state index contributed by atoms with van der Waals surface area (Å²) in [6.07, 6.45) is 4.35. The zero-order valence-electron chi connectivity index (χ0n) is 17.1. The SMILES string of the molecule is O=C(Nc1cccc(Cl)c1)c1nnc(C(=O)N2CCC(CC(=O)N3CCCC3)CC2)s1. The number of nitrogens with zero attached hydrogens (tertiary/aromatic N) is 4. The summed E-state index contributed by atoms with van der Waals surface area (Å²) in [7, 11) is 0. The third-order valence-corrected chi connectivity index (χ3v) is 6.85. The van der Waals surface area contributed by atoms with Gasteiger partial charge in [0.1, 0.15) is 0 Å². The number of nitrogens with one attached hydrogen (secondary N) is 1. The van der Waals surface area contributed by atoms with Crippen molar-refractivity contribution in [3.63, 3.8) is 0 Å². The van der Waals surface area contributed by atoms with Crippen LogP contribution < -0.4 is 5.32 Å². The lowest BCUT2D eigenvalue weighted by Crippen LogP contribution is -2.40. The van der Waals surface area contributed by atoms with Gasteiger partial charge in [0.2, 0.25) is 15.9 Å². The second kappa shape index (κ2) is 9.74. The Morgan fingerprint density at radius 2 is 1.74 bits per heavy atom. The average molecular weight is 462 g/mol. The summed E-state index contributed by atoms with van der Waals surface area (Å²) in [6, 6.07) is 6.79. The smallest absolute Gasteiger partial charge is 0.286 e. The van der Waals surface area contributed by atoms with E-state index in [-0.39, 0.29) is 21.8 Å². The van der Waals surface area contributed by atoms with Crippen LogP contribution in [0.15, 0.2) is 24.3 Å². The van der Waals surface area contributed by atoms with Gasteiger partial charge in [-0.3, -0.25) is 14.4 Å². The van der Waals surface area contributed by atoms with Gasteiger partial charge in [-0.25, -0.2) is 0 Å². The highest BCUT2D eigenvalue weighted by molar-refractivity contribution is 7.15. The quantitative estimate of drug-likeness (QED) is 0.737. The number of piperidine rings is 1. The van der Waals surface area contributed by atoms with E-state index in [0.717, 1.165) is 50.1 Å². The number of likely N-dealkylation sites (tertiary alicyclic amines) is 2. The minimum atomic E-state index is -0.432. The predicted octanol–water partition coefficient (Wildman–Crippen LogP) is 3.31. The number of hydrogen-bond acceptors (Lipinski definition) is 6. The molecule has 0 spiro atoms. The molecule has 4 rings (SSSR count). The number of rotatable bonds is 5. The van der Waals surface area contributed by atoms with Crippen molar-refractivity contribution >= 4 is 46.3 Å². The fourth-order valence-corrected chi connectivity index (χ4v) is 4.87. The van der Waals surface area contributed by atoms with Crippen LogP contribution in [0, 0.1) is 5.92 Å². The van der Waals surface area contributed by atoms with E-state index in [4.69, 9.17) is 11.6 Å². The second-order valence-electron chi connectivity index (χ2n) is 7.90. The lowest BCUT2D eigenvalue weighted by molar-refractivity contribution is -0.131. The first-order chi connectivity index (χ1) is 15.0. The summed E-state index contributed by atoms with van der Waals surface area (Å²) in [4.78, 5) is 41.2. The fraction of sp³-hybridized carbons (Fsp3) is 0.476. The molecule has 2 aliphatic rings. The summed E-state index contributed by atoms with van der Waals surface area (Å²) < 4.78 is 0. The van der Waals surface area contributed by atoms with E-state index in [1.807, 2.05) is 4.90 Å². The first-order valence-electron chi connectivity index (χ1n) is 10.5. The van der Waals surface area contributed by atoms with Gasteiger partial charge in [0.15, 0.2) is 0 Å². The summed E-state index contributed by atoms with van der Waals surface area (Å²) >= 11 is 6.90. The zero-order valence-corrected chi connectivity index (χ0v) is 18.6. The molecule has 2 saturated heterocycles. The number of carbonyl (C=O) groups is 3. The molecule has 2 aliphatic heterocycles. The molecule has 1 N–H and O–H groups in total. The molecule has 3 heterocycles. The molecule has 164 valence electrons. The zero-order chi connectivity index (χ0) is 21.8. The van der Waals surface area contributed by atoms with E-state index < -0.39 is 5.91 Å². The van der Waals surface area contributed by atoms with Crippen LogP contribution in [0.4, 0.5) is 5.69 Å². The Balaban J connectivity index is 1.29. The first-order valence-corrected chi connectivity index (χ1v) is 11.7. The highest BCUT2D eigenvalue weighted by atomic mass is 35.5. The molecular weight excluding hydrogens is 438 g/mol. The van der Waals surface area contributed by atoms with Crippen molar-refractivity contribution in [2.24, 2.45) is 5.92 Å². The van der Waals surface area contributed by atoms with Crippen LogP contribution in [0.25, 0.3) is 0 Å². The number of halogens is 1. The molecule has 10 heteroatoms. The van der Waals surface area contributed by atoms with Gasteiger partial charge in [-0.1, -0.05) is 29.0 Å². The minimum absolute atomic E-state index is 0.120. The molecule has 1 aromatic heterocycles. The maximum absolute atomic E-state index is 12.8. The first kappa shape index (κ1) is 21.7. The third kappa shape index (κ3) is 5.40. The van der Waals surface area contributed by atoms with Crippen LogP contribution in [-0.2, 0) is 4.79 Å². The van der Waals surface area contributed by atoms with E-state index >= 15 is 0 Å². The van der Waals surface area contributed by atoms with E-state index in [0.29, 0.717) is 36.1 Å². The Bertz CT molecular complexity index is 967. The van der Waals surface area contributed by atoms with Crippen molar-refractivity contribution in [2.45, 2.75) is 32.1 Å². The molecule has 1 aromatic carbocycles. The highest BCUT2D eigenvalue weighted by Gasteiger charge is 2.29. The predicted molar refractivity (Wildman–Crippen MR) is 118 cm³/mol. The van der Waals surface area contributed by atoms with Gasteiger partial charge < -0.3 is 15.1 Å². The highest BCUT2D eigenvalue weighted by Crippen LogP contribution is 2.25. The molecule has 0 radical (unpaired) electrons. The summed E-state index contributed by atoms with van der Waals surface area (Å²) in [6.45, 7) is 2.92. The van der Waals surface area contributed by atoms with Crippen molar-refractivity contribution in [3.05, 3.63) is 39.3 Å². The molecule has 0 atom stereocenters. The molecule has 31 heavy (non-hydrogen) atoms. The normalized spacial score (nSPS) is 17.1. The Labute approximate surface area is 189 Å². The molecule has 2 fully saturated rings. The Morgan fingerprint density at radius 3 is 2.45 bits per heavy atom. The molecule has 2 aromatic rings. The third-order valence-electron chi connectivity index (χ3n) is 5.71. The maximum atomic E-state index is 12.8. The number of benzene rings is 1. The van der Waals surface area contributed by atoms with Crippen LogP contribution in [0.1, 0.15) is 51.7 Å². The maximum Gasteiger partial charge on any atom is 0.286 e. The monoisotopic (exact) mass is 461 g/mol. The van der Waals surface area contributed by atoms with Crippen molar-refractivity contribution < 1.29 is 14.4 Å². The van der Waals surface area contributed by atoms with E-state index in [1.54, 1.807) is 29.2 Å². The van der Waals surface area contributed by atoms with E-state index in [1.165, 1.54) is 0 Å². The standard InChI is InChI=1S/C21H24ClN5O3S/c22-15-4-3-5-16(13-15)23-18(29)19-24-25-20(31-19)21(30)27-10-6-14(7-11-27)12-17(28)26-8-1-2-9-26/h3-5,13-14H,1-2,6-12H2,(H,23,29). The van der Waals surface area contributed by atoms with Crippen LogP contribution in [0.2, 0.25) is 5.02 Å². The Morgan fingerprint density at radius 1 is 1.03 bits per heavy atom. The van der Waals surface area contributed by atoms with Crippen molar-refractivity contribution in [2.75, 3.05) is 31.5 Å². The van der Waals surface area contributed by atoms with E-state index in [9.17, 15) is 14.4 Å². The number of carbonyl (C=O) groups excluding carboxylic acids is 3. The van der Waals surface area contributed by atoms with Crippen LogP contribution in [0.5, 0.6) is 0 Å². The van der Waals surface area contributed by atoms with E-state index in [2.05, 4.69) is 15.5 Å². The topological polar surface area (TPSA) is 95.5 Å². The minimum Gasteiger partial charge on any atom is -0.343 e. The number of amides is 3. The molecule has 3 amide bonds. The molecule has 0 bridgehead atoms. The molecule has 0 unspecified atom stereocenters. The number of aromatic nitrogens is 2. The van der Waals surface area contributed by atoms with Crippen molar-refractivity contribution in [1.82, 2.24) is 20.0 Å². The van der Waals surface area contributed by atoms with Crippen LogP contribution in [0.3, 0.4) is 0 Å². The lowest BCUT2D eigenvalue weighted by Gasteiger charge is -2.31. The van der Waals surface area contributed by atoms with Crippen molar-refractivity contribution in [1.29, 1.82) is 0 Å². The van der Waals surface area contributed by atoms with Gasteiger partial charge in [-0.15, -0.1) is 10.2 Å². The Hall–Kier alpha value is -2.52. The van der Waals surface area contributed by atoms with Gasteiger partial charge in [-0.05, 0) is 49.8 Å². The van der Waals surface area contributed by atoms with Crippen LogP contribution in [-0.4, -0.2) is 63.9 Å². The second-order valence-corrected chi connectivity index (χ2v) is 9.32. The molecular formula is C21H24ClN5O3S. The van der Waals surface area contributed by atoms with Gasteiger partial charge in [0, 0.05) is 43.3 Å². The number of anilines is 1. The lowest BCUT2D eigenvalue weighted by atomic mass is 9.93. The molecule has 0 saturated carbocycles. The largest absolute Gasteiger partial charge is 0.343 e. The Kier molecular flexibility index (Phi) is 6.82. The summed E-state index contributed by atoms with van der Waals surface area (Å²) in [5.41, 5.74) is 0.547. The average Bonchev–Trinajstić information content (AvgIpc) is 3.46. The van der Waals surface area contributed by atoms with Crippen molar-refractivity contribution in [3.8, 4) is 0 Å². The molecule has 0 aliphatic carbocycles. The summed E-state index contributed by atoms with van der Waals surface area (Å²) in [5, 5.41) is 11.3.